The predicted molar refractivity (Wildman–Crippen MR) is 83.9 cm³/mol. The van der Waals surface area contributed by atoms with Crippen LogP contribution in [0.1, 0.15) is 6.92 Å². The molecule has 0 spiro atoms. The van der Waals surface area contributed by atoms with E-state index in [4.69, 9.17) is 4.42 Å². The summed E-state index contributed by atoms with van der Waals surface area (Å²) in [5, 5.41) is 2.21. The molecule has 2 aromatic rings. The van der Waals surface area contributed by atoms with E-state index < -0.39 is 0 Å². The van der Waals surface area contributed by atoms with Crippen LogP contribution in [0.2, 0.25) is 0 Å². The quantitative estimate of drug-likeness (QED) is 0.706. The highest BCUT2D eigenvalue weighted by Crippen LogP contribution is 2.18. The van der Waals surface area contributed by atoms with Gasteiger partial charge in [-0.15, -0.1) is 0 Å². The van der Waals surface area contributed by atoms with Gasteiger partial charge >= 0.3 is 6.98 Å². The summed E-state index contributed by atoms with van der Waals surface area (Å²) in [6.07, 6.45) is 8.40. The summed E-state index contributed by atoms with van der Waals surface area (Å²) in [7, 11) is 4.17. The summed E-state index contributed by atoms with van der Waals surface area (Å²) >= 11 is 0. The van der Waals surface area contributed by atoms with E-state index in [1.54, 1.807) is 6.20 Å². The van der Waals surface area contributed by atoms with Gasteiger partial charge in [0.05, 0.1) is 6.17 Å². The molecule has 0 saturated heterocycles. The average Bonchev–Trinajstić information content (AvgIpc) is 2.99. The maximum atomic E-state index is 5.83. The molecule has 0 radical (unpaired) electrons. The fourth-order valence-electron chi connectivity index (χ4n) is 3.01. The first-order valence-electron chi connectivity index (χ1n) is 7.12. The van der Waals surface area contributed by atoms with Gasteiger partial charge in [0.2, 0.25) is 5.71 Å². The summed E-state index contributed by atoms with van der Waals surface area (Å²) in [6.45, 7) is 2.38. The molecule has 21 heavy (non-hydrogen) atoms. The highest BCUT2D eigenvalue weighted by molar-refractivity contribution is 6.69. The zero-order valence-corrected chi connectivity index (χ0v) is 12.4. The van der Waals surface area contributed by atoms with E-state index in [2.05, 4.69) is 71.2 Å². The first-order valence-corrected chi connectivity index (χ1v) is 7.12. The monoisotopic (exact) mass is 280 g/mol. The molecule has 2 aromatic heterocycles. The molecule has 2 aliphatic heterocycles. The minimum atomic E-state index is 0.176. The fraction of sp³-hybridized carbons (Fsp3) is 0.267. The van der Waals surface area contributed by atoms with Gasteiger partial charge in [0.15, 0.2) is 5.42 Å². The standard InChI is InChI=1S/C15H17BN4O/c1-11-18(2)7-8-20(11)16-9-13-12-5-4-6-17-15(12)21-14(13)10-19(16)3/h4-11H,1-3H3/t11-/m0/s1. The molecule has 0 aliphatic carbocycles. The van der Waals surface area contributed by atoms with Crippen molar-refractivity contribution in [1.29, 1.82) is 0 Å². The van der Waals surface area contributed by atoms with Crippen molar-refractivity contribution >= 4 is 30.3 Å². The molecule has 4 rings (SSSR count). The second kappa shape index (κ2) is 4.31. The predicted octanol–water partition coefficient (Wildman–Crippen LogP) is 0.384. The third-order valence-corrected chi connectivity index (χ3v) is 4.39. The lowest BCUT2D eigenvalue weighted by Crippen LogP contribution is -2.53. The number of hydrogen-bond donors (Lipinski definition) is 0. The first kappa shape index (κ1) is 12.4. The lowest BCUT2D eigenvalue weighted by molar-refractivity contribution is 0.266. The lowest BCUT2D eigenvalue weighted by atomic mass is 9.70. The Kier molecular flexibility index (Phi) is 2.54. The van der Waals surface area contributed by atoms with Gasteiger partial charge in [0.1, 0.15) is 0 Å². The third-order valence-electron chi connectivity index (χ3n) is 4.39. The first-order chi connectivity index (χ1) is 10.1. The zero-order chi connectivity index (χ0) is 14.6. The van der Waals surface area contributed by atoms with E-state index in [0.717, 1.165) is 16.0 Å². The van der Waals surface area contributed by atoms with Crippen LogP contribution < -0.4 is 10.6 Å². The van der Waals surface area contributed by atoms with Crippen LogP contribution in [-0.4, -0.2) is 46.7 Å². The molecule has 4 heterocycles. The Morgan fingerprint density at radius 3 is 2.90 bits per heavy atom. The molecule has 0 N–H and O–H groups in total. The highest BCUT2D eigenvalue weighted by atomic mass is 16.3. The van der Waals surface area contributed by atoms with Crippen molar-refractivity contribution in [3.05, 3.63) is 41.4 Å². The van der Waals surface area contributed by atoms with Crippen molar-refractivity contribution in [3.8, 4) is 0 Å². The minimum absolute atomic E-state index is 0.176. The molecule has 2 aliphatic rings. The van der Waals surface area contributed by atoms with Gasteiger partial charge in [-0.25, -0.2) is 4.98 Å². The van der Waals surface area contributed by atoms with Crippen LogP contribution in [0.15, 0.2) is 35.1 Å². The zero-order valence-electron chi connectivity index (χ0n) is 12.4. The van der Waals surface area contributed by atoms with Crippen molar-refractivity contribution in [1.82, 2.24) is 19.5 Å². The van der Waals surface area contributed by atoms with E-state index in [-0.39, 0.29) is 6.98 Å². The van der Waals surface area contributed by atoms with E-state index >= 15 is 0 Å². The van der Waals surface area contributed by atoms with E-state index in [0.29, 0.717) is 11.9 Å². The number of fused-ring (bicyclic) bond motifs is 3. The molecular weight excluding hydrogens is 263 g/mol. The number of pyridine rings is 1. The largest absolute Gasteiger partial charge is 0.436 e. The molecule has 0 unspecified atom stereocenters. The summed E-state index contributed by atoms with van der Waals surface area (Å²) < 4.78 is 5.83. The van der Waals surface area contributed by atoms with Crippen molar-refractivity contribution in [2.24, 2.45) is 0 Å². The molecule has 0 fully saturated rings. The van der Waals surface area contributed by atoms with E-state index in [1.807, 2.05) is 6.07 Å². The van der Waals surface area contributed by atoms with Gasteiger partial charge in [0.25, 0.3) is 0 Å². The van der Waals surface area contributed by atoms with E-state index in [1.165, 1.54) is 0 Å². The van der Waals surface area contributed by atoms with E-state index in [9.17, 15) is 0 Å². The van der Waals surface area contributed by atoms with Crippen LogP contribution in [0.5, 0.6) is 0 Å². The van der Waals surface area contributed by atoms with Crippen LogP contribution >= 0.6 is 0 Å². The SMILES string of the molecule is C[C@H]1N(C)C=CN1B1C=c2c(oc3ncccc23)=CN1C. The molecule has 5 nitrogen and oxygen atoms in total. The number of hydrogen-bond acceptors (Lipinski definition) is 5. The lowest BCUT2D eigenvalue weighted by Gasteiger charge is -2.35. The summed E-state index contributed by atoms with van der Waals surface area (Å²) in [6, 6.07) is 4.01. The Balaban J connectivity index is 1.88. The maximum absolute atomic E-state index is 5.83. The maximum Gasteiger partial charge on any atom is 0.405 e. The normalized spacial score (nSPS) is 20.8. The Bertz CT molecular complexity index is 843. The summed E-state index contributed by atoms with van der Waals surface area (Å²) in [5.41, 5.74) is 1.58. The Morgan fingerprint density at radius 1 is 1.29 bits per heavy atom. The topological polar surface area (TPSA) is 35.8 Å². The van der Waals surface area contributed by atoms with Gasteiger partial charge in [0, 0.05) is 42.4 Å². The molecule has 6 heteroatoms. The molecule has 1 atom stereocenters. The Morgan fingerprint density at radius 2 is 2.14 bits per heavy atom. The molecular formula is C15H17BN4O. The number of furan rings is 1. The van der Waals surface area contributed by atoms with Crippen LogP contribution in [0, 0.1) is 0 Å². The number of aromatic nitrogens is 1. The van der Waals surface area contributed by atoms with Crippen LogP contribution in [0.25, 0.3) is 23.3 Å². The van der Waals surface area contributed by atoms with Crippen molar-refractivity contribution in [2.75, 3.05) is 14.1 Å². The van der Waals surface area contributed by atoms with Gasteiger partial charge in [-0.1, -0.05) is 5.98 Å². The second-order valence-corrected chi connectivity index (χ2v) is 5.65. The van der Waals surface area contributed by atoms with Crippen LogP contribution in [-0.2, 0) is 0 Å². The van der Waals surface area contributed by atoms with Crippen LogP contribution in [0.3, 0.4) is 0 Å². The summed E-state index contributed by atoms with van der Waals surface area (Å²) in [4.78, 5) is 11.0. The van der Waals surface area contributed by atoms with Gasteiger partial charge < -0.3 is 18.9 Å². The number of nitrogens with zero attached hydrogens (tertiary/aromatic N) is 4. The Labute approximate surface area is 123 Å². The van der Waals surface area contributed by atoms with Gasteiger partial charge in [-0.3, -0.25) is 0 Å². The molecule has 0 bridgehead atoms. The minimum Gasteiger partial charge on any atom is -0.436 e. The fourth-order valence-corrected chi connectivity index (χ4v) is 3.01. The smallest absolute Gasteiger partial charge is 0.405 e. The summed E-state index contributed by atoms with van der Waals surface area (Å²) in [5.74, 6) is 2.25. The van der Waals surface area contributed by atoms with Crippen molar-refractivity contribution < 1.29 is 4.42 Å². The second-order valence-electron chi connectivity index (χ2n) is 5.65. The van der Waals surface area contributed by atoms with Gasteiger partial charge in [-0.05, 0) is 26.1 Å². The third kappa shape index (κ3) is 1.75. The molecule has 0 amide bonds. The molecule has 0 aromatic carbocycles. The van der Waals surface area contributed by atoms with Gasteiger partial charge in [-0.2, -0.15) is 0 Å². The van der Waals surface area contributed by atoms with Crippen molar-refractivity contribution in [3.63, 3.8) is 0 Å². The van der Waals surface area contributed by atoms with Crippen molar-refractivity contribution in [2.45, 2.75) is 13.1 Å². The molecule has 0 saturated carbocycles. The molecule has 106 valence electrons. The van der Waals surface area contributed by atoms with Crippen LogP contribution in [0.4, 0.5) is 0 Å². The Hall–Kier alpha value is -2.37. The highest BCUT2D eigenvalue weighted by Gasteiger charge is 2.33. The number of rotatable bonds is 1. The average molecular weight is 280 g/mol.